The van der Waals surface area contributed by atoms with Crippen LogP contribution in [-0.4, -0.2) is 0 Å². The van der Waals surface area contributed by atoms with Gasteiger partial charge in [0.25, 0.3) is 0 Å². The fourth-order valence-electron chi connectivity index (χ4n) is 1.40. The molecule has 0 fully saturated rings. The first-order valence-electron chi connectivity index (χ1n) is 4.89. The van der Waals surface area contributed by atoms with Crippen molar-refractivity contribution in [2.24, 2.45) is 5.73 Å². The van der Waals surface area contributed by atoms with E-state index in [2.05, 4.69) is 6.58 Å². The number of aryl methyl sites for hydroxylation is 1. The highest BCUT2D eigenvalue weighted by Gasteiger charge is 2.15. The number of benzene rings is 1. The Morgan fingerprint density at radius 3 is 2.56 bits per heavy atom. The Morgan fingerprint density at radius 1 is 1.38 bits per heavy atom. The van der Waals surface area contributed by atoms with Gasteiger partial charge in [0.2, 0.25) is 0 Å². The molecule has 16 heavy (non-hydrogen) atoms. The molecule has 0 amide bonds. The van der Waals surface area contributed by atoms with Crippen molar-refractivity contribution < 1.29 is 8.78 Å². The summed E-state index contributed by atoms with van der Waals surface area (Å²) >= 11 is 0. The van der Waals surface area contributed by atoms with Crippen LogP contribution in [0.1, 0.15) is 30.0 Å². The van der Waals surface area contributed by atoms with E-state index in [0.29, 0.717) is 18.4 Å². The van der Waals surface area contributed by atoms with E-state index in [1.54, 1.807) is 18.2 Å². The van der Waals surface area contributed by atoms with Crippen LogP contribution in [0.15, 0.2) is 24.8 Å². The third-order valence-electron chi connectivity index (χ3n) is 2.39. The monoisotopic (exact) mass is 247 g/mol. The predicted octanol–water partition coefficient (Wildman–Crippen LogP) is 3.66. The van der Waals surface area contributed by atoms with Gasteiger partial charge in [-0.15, -0.1) is 19.0 Å². The predicted molar refractivity (Wildman–Crippen MR) is 64.7 cm³/mol. The molecule has 1 aromatic rings. The first kappa shape index (κ1) is 15.1. The molecule has 2 N–H and O–H groups in total. The molecule has 4 heteroatoms. The number of hydrogen-bond acceptors (Lipinski definition) is 1. The minimum absolute atomic E-state index is 0. The quantitative estimate of drug-likeness (QED) is 0.808. The van der Waals surface area contributed by atoms with Crippen molar-refractivity contribution in [3.05, 3.63) is 47.5 Å². The molecule has 0 unspecified atom stereocenters. The molecule has 0 bridgehead atoms. The van der Waals surface area contributed by atoms with Crippen molar-refractivity contribution in [3.63, 3.8) is 0 Å². The van der Waals surface area contributed by atoms with Crippen molar-refractivity contribution in [2.75, 3.05) is 0 Å². The molecule has 0 aliphatic heterocycles. The molecule has 0 aliphatic carbocycles. The second kappa shape index (κ2) is 6.61. The van der Waals surface area contributed by atoms with Crippen LogP contribution in [0.5, 0.6) is 0 Å². The highest BCUT2D eigenvalue weighted by Crippen LogP contribution is 2.23. The molecule has 1 rings (SSSR count). The smallest absolute Gasteiger partial charge is 0.163 e. The van der Waals surface area contributed by atoms with Gasteiger partial charge in [0.15, 0.2) is 11.6 Å². The van der Waals surface area contributed by atoms with E-state index in [9.17, 15) is 8.78 Å². The van der Waals surface area contributed by atoms with E-state index in [1.165, 1.54) is 6.92 Å². The minimum Gasteiger partial charge on any atom is -0.324 e. The molecule has 90 valence electrons. The standard InChI is InChI=1S/C12H15F2N.ClH/c1-3-4-5-10(15)9-7-6-8(2)11(13)12(9)14;/h3,6-7,10H,1,4-5,15H2,2H3;1H/t10-;/m0./s1. The number of nitrogens with two attached hydrogens (primary N) is 1. The number of hydrogen-bond donors (Lipinski definition) is 1. The van der Waals surface area contributed by atoms with Gasteiger partial charge in [-0.3, -0.25) is 0 Å². The Morgan fingerprint density at radius 2 is 2.00 bits per heavy atom. The van der Waals surface area contributed by atoms with Crippen molar-refractivity contribution in [1.82, 2.24) is 0 Å². The average Bonchev–Trinajstić information content (AvgIpc) is 2.23. The lowest BCUT2D eigenvalue weighted by atomic mass is 10.0. The molecule has 1 nitrogen and oxygen atoms in total. The Labute approximate surface area is 101 Å². The van der Waals surface area contributed by atoms with Gasteiger partial charge >= 0.3 is 0 Å². The fourth-order valence-corrected chi connectivity index (χ4v) is 1.40. The minimum atomic E-state index is -0.827. The summed E-state index contributed by atoms with van der Waals surface area (Å²) in [5.41, 5.74) is 6.28. The van der Waals surface area contributed by atoms with Crippen molar-refractivity contribution >= 4 is 12.4 Å². The molecule has 0 aliphatic rings. The lowest BCUT2D eigenvalue weighted by Crippen LogP contribution is -2.13. The fraction of sp³-hybridized carbons (Fsp3) is 0.333. The molecule has 0 saturated heterocycles. The summed E-state index contributed by atoms with van der Waals surface area (Å²) in [6, 6.07) is 2.61. The van der Waals surface area contributed by atoms with E-state index in [4.69, 9.17) is 5.73 Å². The van der Waals surface area contributed by atoms with E-state index in [1.807, 2.05) is 0 Å². The molecule has 0 radical (unpaired) electrons. The van der Waals surface area contributed by atoms with Gasteiger partial charge < -0.3 is 5.73 Å². The highest BCUT2D eigenvalue weighted by molar-refractivity contribution is 5.85. The second-order valence-corrected chi connectivity index (χ2v) is 3.57. The molecule has 0 spiro atoms. The summed E-state index contributed by atoms with van der Waals surface area (Å²) < 4.78 is 26.7. The lowest BCUT2D eigenvalue weighted by Gasteiger charge is -2.13. The molecule has 1 atom stereocenters. The third-order valence-corrected chi connectivity index (χ3v) is 2.39. The number of halogens is 3. The molecule has 0 heterocycles. The Balaban J connectivity index is 0.00000225. The van der Waals surface area contributed by atoms with Crippen molar-refractivity contribution in [2.45, 2.75) is 25.8 Å². The summed E-state index contributed by atoms with van der Waals surface area (Å²) in [7, 11) is 0. The summed E-state index contributed by atoms with van der Waals surface area (Å²) in [5, 5.41) is 0. The van der Waals surface area contributed by atoms with Crippen LogP contribution in [0.2, 0.25) is 0 Å². The summed E-state index contributed by atoms with van der Waals surface area (Å²) in [6.07, 6.45) is 2.97. The van der Waals surface area contributed by atoms with Crippen LogP contribution in [0.3, 0.4) is 0 Å². The zero-order chi connectivity index (χ0) is 11.4. The number of rotatable bonds is 4. The first-order chi connectivity index (χ1) is 7.07. The average molecular weight is 248 g/mol. The van der Waals surface area contributed by atoms with Crippen LogP contribution < -0.4 is 5.73 Å². The highest BCUT2D eigenvalue weighted by atomic mass is 35.5. The van der Waals surface area contributed by atoms with E-state index in [0.717, 1.165) is 0 Å². The molecule has 0 saturated carbocycles. The maximum atomic E-state index is 13.5. The second-order valence-electron chi connectivity index (χ2n) is 3.57. The van der Waals surface area contributed by atoms with E-state index >= 15 is 0 Å². The largest absolute Gasteiger partial charge is 0.324 e. The topological polar surface area (TPSA) is 26.0 Å². The zero-order valence-corrected chi connectivity index (χ0v) is 9.99. The molecular formula is C12H16ClF2N. The van der Waals surface area contributed by atoms with Gasteiger partial charge in [0.05, 0.1) is 0 Å². The van der Waals surface area contributed by atoms with Crippen LogP contribution in [0.25, 0.3) is 0 Å². The summed E-state index contributed by atoms with van der Waals surface area (Å²) in [5.74, 6) is -1.63. The van der Waals surface area contributed by atoms with Crippen molar-refractivity contribution in [3.8, 4) is 0 Å². The summed E-state index contributed by atoms with van der Waals surface area (Å²) in [4.78, 5) is 0. The van der Waals surface area contributed by atoms with Gasteiger partial charge in [-0.05, 0) is 25.3 Å². The van der Waals surface area contributed by atoms with E-state index in [-0.39, 0.29) is 18.0 Å². The first-order valence-corrected chi connectivity index (χ1v) is 4.89. The van der Waals surface area contributed by atoms with E-state index < -0.39 is 17.7 Å². The van der Waals surface area contributed by atoms with Crippen LogP contribution >= 0.6 is 12.4 Å². The van der Waals surface area contributed by atoms with Gasteiger partial charge in [-0.2, -0.15) is 0 Å². The normalized spacial score (nSPS) is 11.8. The third kappa shape index (κ3) is 3.29. The lowest BCUT2D eigenvalue weighted by molar-refractivity contribution is 0.479. The maximum absolute atomic E-state index is 13.5. The van der Waals surface area contributed by atoms with Crippen LogP contribution in [0.4, 0.5) is 8.78 Å². The van der Waals surface area contributed by atoms with Crippen LogP contribution in [0, 0.1) is 18.6 Å². The van der Waals surface area contributed by atoms with Gasteiger partial charge in [-0.25, -0.2) is 8.78 Å². The van der Waals surface area contributed by atoms with Gasteiger partial charge in [-0.1, -0.05) is 18.2 Å². The Bertz CT molecular complexity index is 366. The zero-order valence-electron chi connectivity index (χ0n) is 9.17. The maximum Gasteiger partial charge on any atom is 0.163 e. The SMILES string of the molecule is C=CCC[C@H](N)c1ccc(C)c(F)c1F.Cl. The van der Waals surface area contributed by atoms with Gasteiger partial charge in [0, 0.05) is 11.6 Å². The van der Waals surface area contributed by atoms with Crippen molar-refractivity contribution in [1.29, 1.82) is 0 Å². The molecule has 1 aromatic carbocycles. The summed E-state index contributed by atoms with van der Waals surface area (Å²) in [6.45, 7) is 5.08. The molecule has 0 aromatic heterocycles. The van der Waals surface area contributed by atoms with Crippen LogP contribution in [-0.2, 0) is 0 Å². The molecular weight excluding hydrogens is 232 g/mol. The van der Waals surface area contributed by atoms with Gasteiger partial charge in [0.1, 0.15) is 0 Å². The Kier molecular flexibility index (Phi) is 6.22. The Hall–Kier alpha value is -0.930. The number of allylic oxidation sites excluding steroid dienone is 1.